The molecule has 2 rings (SSSR count). The van der Waals surface area contributed by atoms with Gasteiger partial charge in [-0.15, -0.1) is 0 Å². The van der Waals surface area contributed by atoms with Gasteiger partial charge in [0, 0.05) is 6.20 Å². The highest BCUT2D eigenvalue weighted by molar-refractivity contribution is 5.43. The van der Waals surface area contributed by atoms with Gasteiger partial charge in [-0.25, -0.2) is 4.39 Å². The summed E-state index contributed by atoms with van der Waals surface area (Å²) in [6.07, 6.45) is 3.28. The zero-order valence-corrected chi connectivity index (χ0v) is 11.7. The van der Waals surface area contributed by atoms with Crippen LogP contribution in [-0.4, -0.2) is 26.3 Å². The van der Waals surface area contributed by atoms with Crippen molar-refractivity contribution in [1.82, 2.24) is 10.3 Å². The lowest BCUT2D eigenvalue weighted by Crippen LogP contribution is -2.20. The average Bonchev–Trinajstić information content (AvgIpc) is 2.49. The van der Waals surface area contributed by atoms with Crippen LogP contribution < -0.4 is 14.8 Å². The molecule has 0 bridgehead atoms. The van der Waals surface area contributed by atoms with E-state index in [-0.39, 0.29) is 11.9 Å². The number of aromatic nitrogens is 1. The molecule has 1 unspecified atom stereocenters. The summed E-state index contributed by atoms with van der Waals surface area (Å²) < 4.78 is 24.6. The van der Waals surface area contributed by atoms with E-state index in [2.05, 4.69) is 10.3 Å². The van der Waals surface area contributed by atoms with Gasteiger partial charge in [0.25, 0.3) is 0 Å². The van der Waals surface area contributed by atoms with Crippen LogP contribution in [0.4, 0.5) is 4.39 Å². The van der Waals surface area contributed by atoms with Crippen LogP contribution in [0, 0.1) is 5.82 Å². The fraction of sp³-hybridized carbons (Fsp3) is 0.267. The van der Waals surface area contributed by atoms with E-state index >= 15 is 0 Å². The number of halogens is 1. The van der Waals surface area contributed by atoms with Crippen LogP contribution in [0.25, 0.3) is 0 Å². The van der Waals surface area contributed by atoms with E-state index in [1.165, 1.54) is 13.2 Å². The maximum Gasteiger partial charge on any atom is 0.137 e. The molecule has 4 nitrogen and oxygen atoms in total. The number of pyridine rings is 1. The molecule has 0 saturated carbocycles. The summed E-state index contributed by atoms with van der Waals surface area (Å²) in [5, 5.41) is 3.09. The Kier molecular flexibility index (Phi) is 4.53. The van der Waals surface area contributed by atoms with Crippen molar-refractivity contribution in [2.45, 2.75) is 6.04 Å². The quantitative estimate of drug-likeness (QED) is 0.911. The Balaban J connectivity index is 2.52. The number of nitrogens with one attached hydrogen (secondary N) is 1. The number of hydrogen-bond acceptors (Lipinski definition) is 4. The summed E-state index contributed by atoms with van der Waals surface area (Å²) in [6, 6.07) is 6.22. The van der Waals surface area contributed by atoms with Crippen LogP contribution in [0.15, 0.2) is 36.7 Å². The number of ether oxygens (including phenoxy) is 2. The fourth-order valence-corrected chi connectivity index (χ4v) is 2.16. The topological polar surface area (TPSA) is 43.4 Å². The number of rotatable bonds is 5. The summed E-state index contributed by atoms with van der Waals surface area (Å²) in [4.78, 5) is 4.11. The summed E-state index contributed by atoms with van der Waals surface area (Å²) in [7, 11) is 4.85. The van der Waals surface area contributed by atoms with Crippen molar-refractivity contribution in [2.75, 3.05) is 21.3 Å². The molecule has 0 aliphatic carbocycles. The molecule has 1 heterocycles. The molecule has 0 aliphatic rings. The number of benzene rings is 1. The standard InChI is InChI=1S/C15H17FN2O2/c1-17-15(10-7-11(19-2)9-18-8-10)14-12(16)5-4-6-13(14)20-3/h4-9,15,17H,1-3H3. The first-order valence-corrected chi connectivity index (χ1v) is 6.19. The van der Waals surface area contributed by atoms with Gasteiger partial charge in [0.05, 0.1) is 32.0 Å². The molecule has 0 amide bonds. The van der Waals surface area contributed by atoms with Gasteiger partial charge in [0.1, 0.15) is 17.3 Å². The van der Waals surface area contributed by atoms with Crippen LogP contribution in [0.1, 0.15) is 17.2 Å². The van der Waals surface area contributed by atoms with E-state index in [1.54, 1.807) is 38.7 Å². The maximum absolute atomic E-state index is 14.2. The van der Waals surface area contributed by atoms with Crippen LogP contribution in [0.3, 0.4) is 0 Å². The van der Waals surface area contributed by atoms with Crippen molar-refractivity contribution in [3.05, 3.63) is 53.6 Å². The molecule has 106 valence electrons. The summed E-state index contributed by atoms with van der Waals surface area (Å²) in [5.74, 6) is 0.789. The number of methoxy groups -OCH3 is 2. The highest BCUT2D eigenvalue weighted by Crippen LogP contribution is 2.32. The third kappa shape index (κ3) is 2.72. The first-order chi connectivity index (χ1) is 9.71. The van der Waals surface area contributed by atoms with Crippen molar-refractivity contribution in [2.24, 2.45) is 0 Å². The van der Waals surface area contributed by atoms with Crippen LogP contribution in [0.5, 0.6) is 11.5 Å². The number of hydrogen-bond donors (Lipinski definition) is 1. The molecular weight excluding hydrogens is 259 g/mol. The number of nitrogens with zero attached hydrogens (tertiary/aromatic N) is 1. The van der Waals surface area contributed by atoms with Gasteiger partial charge >= 0.3 is 0 Å². The molecule has 0 aliphatic heterocycles. The van der Waals surface area contributed by atoms with Gasteiger partial charge in [0.15, 0.2) is 0 Å². The van der Waals surface area contributed by atoms with Crippen molar-refractivity contribution in [1.29, 1.82) is 0 Å². The SMILES string of the molecule is CNC(c1cncc(OC)c1)c1c(F)cccc1OC. The predicted molar refractivity (Wildman–Crippen MR) is 74.6 cm³/mol. The smallest absolute Gasteiger partial charge is 0.137 e. The monoisotopic (exact) mass is 276 g/mol. The summed E-state index contributed by atoms with van der Waals surface area (Å²) in [6.45, 7) is 0. The maximum atomic E-state index is 14.2. The third-order valence-corrected chi connectivity index (χ3v) is 3.11. The molecule has 0 radical (unpaired) electrons. The van der Waals surface area contributed by atoms with E-state index < -0.39 is 0 Å². The second-order valence-electron chi connectivity index (χ2n) is 4.24. The van der Waals surface area contributed by atoms with Crippen molar-refractivity contribution in [3.63, 3.8) is 0 Å². The Bertz CT molecular complexity index is 590. The van der Waals surface area contributed by atoms with Crippen LogP contribution in [0.2, 0.25) is 0 Å². The molecule has 1 N–H and O–H groups in total. The largest absolute Gasteiger partial charge is 0.496 e. The first-order valence-electron chi connectivity index (χ1n) is 6.19. The molecule has 20 heavy (non-hydrogen) atoms. The van der Waals surface area contributed by atoms with E-state index in [0.717, 1.165) is 5.56 Å². The lowest BCUT2D eigenvalue weighted by atomic mass is 9.98. The Hall–Kier alpha value is -2.14. The van der Waals surface area contributed by atoms with Gasteiger partial charge in [0.2, 0.25) is 0 Å². The molecule has 0 spiro atoms. The van der Waals surface area contributed by atoms with E-state index in [9.17, 15) is 4.39 Å². The molecule has 1 aromatic heterocycles. The Morgan fingerprint density at radius 2 is 2.00 bits per heavy atom. The minimum Gasteiger partial charge on any atom is -0.496 e. The lowest BCUT2D eigenvalue weighted by molar-refractivity contribution is 0.397. The second-order valence-corrected chi connectivity index (χ2v) is 4.24. The second kappa shape index (κ2) is 6.34. The first kappa shape index (κ1) is 14.3. The van der Waals surface area contributed by atoms with Gasteiger partial charge in [-0.2, -0.15) is 0 Å². The zero-order chi connectivity index (χ0) is 14.5. The minimum atomic E-state index is -0.367. The average molecular weight is 276 g/mol. The fourth-order valence-electron chi connectivity index (χ4n) is 2.16. The minimum absolute atomic E-state index is 0.327. The van der Waals surface area contributed by atoms with Crippen LogP contribution in [-0.2, 0) is 0 Å². The normalized spacial score (nSPS) is 12.0. The van der Waals surface area contributed by atoms with E-state index in [0.29, 0.717) is 17.1 Å². The summed E-state index contributed by atoms with van der Waals surface area (Å²) >= 11 is 0. The Morgan fingerprint density at radius 3 is 2.65 bits per heavy atom. The zero-order valence-electron chi connectivity index (χ0n) is 11.7. The molecule has 5 heteroatoms. The highest BCUT2D eigenvalue weighted by Gasteiger charge is 2.21. The molecule has 0 saturated heterocycles. The van der Waals surface area contributed by atoms with E-state index in [4.69, 9.17) is 9.47 Å². The molecule has 1 atom stereocenters. The highest BCUT2D eigenvalue weighted by atomic mass is 19.1. The van der Waals surface area contributed by atoms with Crippen molar-refractivity contribution in [3.8, 4) is 11.5 Å². The van der Waals surface area contributed by atoms with Crippen LogP contribution >= 0.6 is 0 Å². The molecular formula is C15H17FN2O2. The van der Waals surface area contributed by atoms with Gasteiger partial charge < -0.3 is 14.8 Å². The lowest BCUT2D eigenvalue weighted by Gasteiger charge is -2.20. The predicted octanol–water partition coefficient (Wildman–Crippen LogP) is 2.55. The third-order valence-electron chi connectivity index (χ3n) is 3.11. The molecule has 0 fully saturated rings. The van der Waals surface area contributed by atoms with Crippen molar-refractivity contribution < 1.29 is 13.9 Å². The van der Waals surface area contributed by atoms with Gasteiger partial charge in [-0.05, 0) is 30.8 Å². The Labute approximate surface area is 117 Å². The summed E-state index contributed by atoms with van der Waals surface area (Å²) in [5.41, 5.74) is 1.25. The van der Waals surface area contributed by atoms with E-state index in [1.807, 2.05) is 6.07 Å². The molecule has 1 aromatic carbocycles. The Morgan fingerprint density at radius 1 is 1.20 bits per heavy atom. The molecule has 2 aromatic rings. The van der Waals surface area contributed by atoms with Crippen molar-refractivity contribution >= 4 is 0 Å². The van der Waals surface area contributed by atoms with Gasteiger partial charge in [-0.3, -0.25) is 4.98 Å². The van der Waals surface area contributed by atoms with Gasteiger partial charge in [-0.1, -0.05) is 6.07 Å².